The molecule has 3 nitrogen and oxygen atoms in total. The first kappa shape index (κ1) is 11.7. The van der Waals surface area contributed by atoms with Crippen molar-refractivity contribution in [1.82, 2.24) is 5.43 Å². The van der Waals surface area contributed by atoms with E-state index in [2.05, 4.69) is 49.4 Å². The van der Waals surface area contributed by atoms with E-state index in [4.69, 9.17) is 5.84 Å². The van der Waals surface area contributed by atoms with Crippen LogP contribution in [-0.4, -0.2) is 12.4 Å². The Morgan fingerprint density at radius 3 is 2.33 bits per heavy atom. The van der Waals surface area contributed by atoms with Crippen LogP contribution >= 0.6 is 0 Å². The summed E-state index contributed by atoms with van der Waals surface area (Å²) < 4.78 is 0. The lowest BCUT2D eigenvalue weighted by Crippen LogP contribution is -2.31. The Morgan fingerprint density at radius 2 is 1.87 bits per heavy atom. The Balaban J connectivity index is 3.01. The molecule has 3 heteroatoms. The van der Waals surface area contributed by atoms with E-state index >= 15 is 0 Å². The van der Waals surface area contributed by atoms with E-state index in [1.165, 1.54) is 11.1 Å². The first-order valence-electron chi connectivity index (χ1n) is 5.27. The number of hydrazine groups is 1. The smallest absolute Gasteiger partial charge is 0.142 e. The summed E-state index contributed by atoms with van der Waals surface area (Å²) in [6.45, 7) is 7.04. The number of nitrogens with two attached hydrogens (primary N) is 1. The van der Waals surface area contributed by atoms with Crippen LogP contribution in [0.2, 0.25) is 0 Å². The van der Waals surface area contributed by atoms with Gasteiger partial charge < -0.3 is 5.43 Å². The minimum absolute atomic E-state index is 0.767. The van der Waals surface area contributed by atoms with Crippen molar-refractivity contribution in [2.24, 2.45) is 10.8 Å². The number of nitrogens with zero attached hydrogens (tertiary/aromatic N) is 1. The molecule has 0 aliphatic heterocycles. The molecular weight excluding hydrogens is 186 g/mol. The van der Waals surface area contributed by atoms with Gasteiger partial charge in [0.05, 0.1) is 0 Å². The second-order valence-electron chi connectivity index (χ2n) is 3.75. The molecule has 3 N–H and O–H groups in total. The molecule has 0 saturated carbocycles. The van der Waals surface area contributed by atoms with Gasteiger partial charge in [-0.1, -0.05) is 24.1 Å². The third kappa shape index (κ3) is 3.36. The van der Waals surface area contributed by atoms with Gasteiger partial charge in [-0.15, -0.1) is 0 Å². The fourth-order valence-electron chi connectivity index (χ4n) is 1.56. The molecule has 0 atom stereocenters. The fourth-order valence-corrected chi connectivity index (χ4v) is 1.56. The third-order valence-corrected chi connectivity index (χ3v) is 2.13. The van der Waals surface area contributed by atoms with E-state index in [1.807, 2.05) is 0 Å². The van der Waals surface area contributed by atoms with Crippen molar-refractivity contribution in [2.75, 3.05) is 6.54 Å². The van der Waals surface area contributed by atoms with Crippen LogP contribution in [0.15, 0.2) is 23.2 Å². The molecule has 0 aliphatic rings. The Morgan fingerprint density at radius 1 is 1.27 bits per heavy atom. The van der Waals surface area contributed by atoms with Gasteiger partial charge in [-0.05, 0) is 32.4 Å². The summed E-state index contributed by atoms with van der Waals surface area (Å²) in [6.07, 6.45) is 1.02. The Kier molecular flexibility index (Phi) is 4.31. The first-order valence-corrected chi connectivity index (χ1v) is 5.27. The van der Waals surface area contributed by atoms with Crippen LogP contribution in [0.5, 0.6) is 0 Å². The average molecular weight is 205 g/mol. The van der Waals surface area contributed by atoms with Gasteiger partial charge in [-0.3, -0.25) is 4.99 Å². The second-order valence-corrected chi connectivity index (χ2v) is 3.75. The van der Waals surface area contributed by atoms with E-state index < -0.39 is 0 Å². The molecule has 0 heterocycles. The van der Waals surface area contributed by atoms with E-state index in [1.54, 1.807) is 0 Å². The summed E-state index contributed by atoms with van der Waals surface area (Å²) >= 11 is 0. The minimum atomic E-state index is 0.767. The monoisotopic (exact) mass is 205 g/mol. The molecule has 0 aliphatic carbocycles. The lowest BCUT2D eigenvalue weighted by atomic mass is 10.1. The van der Waals surface area contributed by atoms with Crippen molar-refractivity contribution in [3.8, 4) is 0 Å². The molecule has 1 rings (SSSR count). The number of benzene rings is 1. The summed E-state index contributed by atoms with van der Waals surface area (Å²) in [5, 5.41) is 0. The van der Waals surface area contributed by atoms with Crippen molar-refractivity contribution in [3.63, 3.8) is 0 Å². The average Bonchev–Trinajstić information content (AvgIpc) is 2.17. The van der Waals surface area contributed by atoms with E-state index in [-0.39, 0.29) is 0 Å². The van der Waals surface area contributed by atoms with Crippen LogP contribution < -0.4 is 11.3 Å². The second kappa shape index (κ2) is 5.51. The van der Waals surface area contributed by atoms with Crippen molar-refractivity contribution in [1.29, 1.82) is 0 Å². The molecule has 0 radical (unpaired) electrons. The SMILES string of the molecule is CCCN=C(NN)c1cc(C)cc(C)c1. The molecule has 0 aromatic heterocycles. The summed E-state index contributed by atoms with van der Waals surface area (Å²) in [5.41, 5.74) is 6.17. The molecule has 0 unspecified atom stereocenters. The van der Waals surface area contributed by atoms with Gasteiger partial charge in [0.1, 0.15) is 5.84 Å². The lowest BCUT2D eigenvalue weighted by Gasteiger charge is -2.08. The highest BCUT2D eigenvalue weighted by molar-refractivity contribution is 5.98. The molecule has 0 amide bonds. The summed E-state index contributed by atoms with van der Waals surface area (Å²) in [6, 6.07) is 6.31. The third-order valence-electron chi connectivity index (χ3n) is 2.13. The van der Waals surface area contributed by atoms with Gasteiger partial charge >= 0.3 is 0 Å². The Bertz CT molecular complexity index is 336. The van der Waals surface area contributed by atoms with E-state index in [0.717, 1.165) is 24.4 Å². The van der Waals surface area contributed by atoms with Crippen molar-refractivity contribution in [2.45, 2.75) is 27.2 Å². The number of hydrogen-bond acceptors (Lipinski definition) is 2. The Hall–Kier alpha value is -1.35. The van der Waals surface area contributed by atoms with Gasteiger partial charge in [-0.2, -0.15) is 0 Å². The van der Waals surface area contributed by atoms with Gasteiger partial charge in [0.15, 0.2) is 0 Å². The quantitative estimate of drug-likeness (QED) is 0.343. The number of hydrogen-bond donors (Lipinski definition) is 2. The van der Waals surface area contributed by atoms with Crippen molar-refractivity contribution in [3.05, 3.63) is 34.9 Å². The number of rotatable bonds is 3. The lowest BCUT2D eigenvalue weighted by molar-refractivity contribution is 0.907. The molecule has 15 heavy (non-hydrogen) atoms. The molecule has 0 fully saturated rings. The maximum absolute atomic E-state index is 5.46. The molecule has 1 aromatic rings. The zero-order valence-electron chi connectivity index (χ0n) is 9.67. The van der Waals surface area contributed by atoms with Gasteiger partial charge in [-0.25, -0.2) is 5.84 Å². The van der Waals surface area contributed by atoms with Crippen LogP contribution in [0.1, 0.15) is 30.0 Å². The maximum Gasteiger partial charge on any atom is 0.142 e. The van der Waals surface area contributed by atoms with Crippen LogP contribution in [-0.2, 0) is 0 Å². The molecule has 0 spiro atoms. The zero-order chi connectivity index (χ0) is 11.3. The summed E-state index contributed by atoms with van der Waals surface area (Å²) in [5.74, 6) is 6.23. The number of aryl methyl sites for hydroxylation is 2. The topological polar surface area (TPSA) is 50.4 Å². The number of nitrogens with one attached hydrogen (secondary N) is 1. The van der Waals surface area contributed by atoms with Crippen LogP contribution in [0.3, 0.4) is 0 Å². The first-order chi connectivity index (χ1) is 7.17. The van der Waals surface area contributed by atoms with Crippen LogP contribution in [0.25, 0.3) is 0 Å². The van der Waals surface area contributed by atoms with Crippen LogP contribution in [0.4, 0.5) is 0 Å². The van der Waals surface area contributed by atoms with Gasteiger partial charge in [0, 0.05) is 12.1 Å². The summed E-state index contributed by atoms with van der Waals surface area (Å²) in [4.78, 5) is 4.39. The maximum atomic E-state index is 5.46. The normalized spacial score (nSPS) is 11.6. The molecular formula is C12H19N3. The van der Waals surface area contributed by atoms with Crippen molar-refractivity contribution >= 4 is 5.84 Å². The zero-order valence-corrected chi connectivity index (χ0v) is 9.67. The number of amidine groups is 1. The van der Waals surface area contributed by atoms with Crippen LogP contribution in [0, 0.1) is 13.8 Å². The fraction of sp³-hybridized carbons (Fsp3) is 0.417. The largest absolute Gasteiger partial charge is 0.308 e. The molecule has 0 bridgehead atoms. The predicted octanol–water partition coefficient (Wildman–Crippen LogP) is 1.92. The Labute approximate surface area is 91.4 Å². The molecule has 1 aromatic carbocycles. The van der Waals surface area contributed by atoms with Crippen molar-refractivity contribution < 1.29 is 0 Å². The number of aliphatic imine (C=N–C) groups is 1. The summed E-state index contributed by atoms with van der Waals surface area (Å²) in [7, 11) is 0. The minimum Gasteiger partial charge on any atom is -0.308 e. The highest BCUT2D eigenvalue weighted by Crippen LogP contribution is 2.09. The standard InChI is InChI=1S/C12H19N3/c1-4-5-14-12(15-13)11-7-9(2)6-10(3)8-11/h6-8H,4-5,13H2,1-3H3,(H,14,15). The predicted molar refractivity (Wildman–Crippen MR) is 64.9 cm³/mol. The van der Waals surface area contributed by atoms with E-state index in [0.29, 0.717) is 0 Å². The van der Waals surface area contributed by atoms with Gasteiger partial charge in [0.25, 0.3) is 0 Å². The molecule has 82 valence electrons. The highest BCUT2D eigenvalue weighted by atomic mass is 15.2. The van der Waals surface area contributed by atoms with Gasteiger partial charge in [0.2, 0.25) is 0 Å². The highest BCUT2D eigenvalue weighted by Gasteiger charge is 2.02. The molecule has 0 saturated heterocycles. The van der Waals surface area contributed by atoms with E-state index in [9.17, 15) is 0 Å².